The number of nitrogens with one attached hydrogen (secondary N) is 3. The zero-order valence-electron chi connectivity index (χ0n) is 13.8. The zero-order valence-corrected chi connectivity index (χ0v) is 14.6. The average molecular weight is 362 g/mol. The molecular formula is C18H20ClN3O3. The normalized spacial score (nSPS) is 10.0. The maximum Gasteiger partial charge on any atom is 0.319 e. The van der Waals surface area contributed by atoms with E-state index in [1.807, 2.05) is 12.1 Å². The first-order valence-corrected chi connectivity index (χ1v) is 8.14. The van der Waals surface area contributed by atoms with Crippen LogP contribution in [0.15, 0.2) is 48.5 Å². The van der Waals surface area contributed by atoms with Crippen LogP contribution in [0.5, 0.6) is 5.75 Å². The Kier molecular flexibility index (Phi) is 7.10. The summed E-state index contributed by atoms with van der Waals surface area (Å²) in [4.78, 5) is 23.5. The summed E-state index contributed by atoms with van der Waals surface area (Å²) in [5.41, 5.74) is 1.56. The van der Waals surface area contributed by atoms with Crippen LogP contribution in [0.3, 0.4) is 0 Å². The third-order valence-corrected chi connectivity index (χ3v) is 3.60. The number of rotatable bonds is 7. The Hall–Kier alpha value is -2.73. The standard InChI is InChI=1S/C18H20ClN3O3/c1-25-16-7-5-15(6-8-16)22-18(24)20-10-9-17(23)21-12-13-3-2-4-14(19)11-13/h2-8,11H,9-10,12H2,1H3,(H,21,23)(H2,20,22,24). The molecule has 0 unspecified atom stereocenters. The van der Waals surface area contributed by atoms with Gasteiger partial charge in [-0.2, -0.15) is 0 Å². The van der Waals surface area contributed by atoms with Gasteiger partial charge in [-0.05, 0) is 42.0 Å². The Morgan fingerprint density at radius 1 is 1.08 bits per heavy atom. The van der Waals surface area contributed by atoms with E-state index < -0.39 is 0 Å². The molecular weight excluding hydrogens is 342 g/mol. The molecule has 0 fully saturated rings. The van der Waals surface area contributed by atoms with Crippen molar-refractivity contribution in [3.63, 3.8) is 0 Å². The molecule has 0 aliphatic rings. The van der Waals surface area contributed by atoms with Gasteiger partial charge in [-0.1, -0.05) is 23.7 Å². The lowest BCUT2D eigenvalue weighted by molar-refractivity contribution is -0.121. The van der Waals surface area contributed by atoms with Crippen LogP contribution in [-0.2, 0) is 11.3 Å². The zero-order chi connectivity index (χ0) is 18.1. The number of benzene rings is 2. The van der Waals surface area contributed by atoms with Crippen molar-refractivity contribution in [3.8, 4) is 5.75 Å². The van der Waals surface area contributed by atoms with Gasteiger partial charge in [0.2, 0.25) is 5.91 Å². The third-order valence-electron chi connectivity index (χ3n) is 3.36. The lowest BCUT2D eigenvalue weighted by atomic mass is 10.2. The number of amides is 3. The smallest absolute Gasteiger partial charge is 0.319 e. The van der Waals surface area contributed by atoms with Gasteiger partial charge in [-0.15, -0.1) is 0 Å². The molecule has 2 rings (SSSR count). The lowest BCUT2D eigenvalue weighted by Crippen LogP contribution is -2.33. The van der Waals surface area contributed by atoms with Crippen LogP contribution in [0.4, 0.5) is 10.5 Å². The van der Waals surface area contributed by atoms with E-state index in [2.05, 4.69) is 16.0 Å². The Morgan fingerprint density at radius 2 is 1.84 bits per heavy atom. The number of halogens is 1. The number of hydrogen-bond donors (Lipinski definition) is 3. The largest absolute Gasteiger partial charge is 0.497 e. The van der Waals surface area contributed by atoms with Crippen LogP contribution < -0.4 is 20.7 Å². The van der Waals surface area contributed by atoms with Gasteiger partial charge in [0.25, 0.3) is 0 Å². The highest BCUT2D eigenvalue weighted by molar-refractivity contribution is 6.30. The Morgan fingerprint density at radius 3 is 2.52 bits per heavy atom. The fourth-order valence-electron chi connectivity index (χ4n) is 2.08. The maximum absolute atomic E-state index is 11.8. The van der Waals surface area contributed by atoms with Gasteiger partial charge in [0.1, 0.15) is 5.75 Å². The van der Waals surface area contributed by atoms with Crippen molar-refractivity contribution < 1.29 is 14.3 Å². The van der Waals surface area contributed by atoms with E-state index in [1.165, 1.54) is 0 Å². The number of methoxy groups -OCH3 is 1. The number of anilines is 1. The van der Waals surface area contributed by atoms with Gasteiger partial charge >= 0.3 is 6.03 Å². The molecule has 0 aliphatic heterocycles. The van der Waals surface area contributed by atoms with E-state index in [0.717, 1.165) is 5.56 Å². The van der Waals surface area contributed by atoms with E-state index in [1.54, 1.807) is 43.5 Å². The number of carbonyl (C=O) groups excluding carboxylic acids is 2. The van der Waals surface area contributed by atoms with Crippen LogP contribution in [0.1, 0.15) is 12.0 Å². The second kappa shape index (κ2) is 9.54. The first-order valence-electron chi connectivity index (χ1n) is 7.77. The summed E-state index contributed by atoms with van der Waals surface area (Å²) >= 11 is 5.89. The molecule has 0 bridgehead atoms. The second-order valence-corrected chi connectivity index (χ2v) is 5.70. The molecule has 25 heavy (non-hydrogen) atoms. The first-order chi connectivity index (χ1) is 12.1. The quantitative estimate of drug-likeness (QED) is 0.708. The van der Waals surface area contributed by atoms with E-state index in [9.17, 15) is 9.59 Å². The van der Waals surface area contributed by atoms with Crippen molar-refractivity contribution in [1.82, 2.24) is 10.6 Å². The van der Waals surface area contributed by atoms with E-state index in [0.29, 0.717) is 23.0 Å². The van der Waals surface area contributed by atoms with Gasteiger partial charge in [0.15, 0.2) is 0 Å². The molecule has 0 aromatic heterocycles. The summed E-state index contributed by atoms with van der Waals surface area (Å²) in [7, 11) is 1.58. The van der Waals surface area contributed by atoms with Crippen LogP contribution in [-0.4, -0.2) is 25.6 Å². The topological polar surface area (TPSA) is 79.5 Å². The molecule has 6 nitrogen and oxygen atoms in total. The van der Waals surface area contributed by atoms with E-state index in [-0.39, 0.29) is 24.9 Å². The summed E-state index contributed by atoms with van der Waals surface area (Å²) < 4.78 is 5.05. The Balaban J connectivity index is 1.65. The molecule has 3 amide bonds. The third kappa shape index (κ3) is 6.73. The van der Waals surface area contributed by atoms with E-state index >= 15 is 0 Å². The fourth-order valence-corrected chi connectivity index (χ4v) is 2.29. The van der Waals surface area contributed by atoms with Gasteiger partial charge in [0, 0.05) is 30.2 Å². The minimum Gasteiger partial charge on any atom is -0.497 e. The van der Waals surface area contributed by atoms with Crippen molar-refractivity contribution >= 4 is 29.2 Å². The highest BCUT2D eigenvalue weighted by Crippen LogP contribution is 2.14. The second-order valence-electron chi connectivity index (χ2n) is 5.27. The van der Waals surface area contributed by atoms with Crippen molar-refractivity contribution in [2.24, 2.45) is 0 Å². The molecule has 0 radical (unpaired) electrons. The van der Waals surface area contributed by atoms with Crippen LogP contribution in [0, 0.1) is 0 Å². The molecule has 0 atom stereocenters. The Bertz CT molecular complexity index is 720. The lowest BCUT2D eigenvalue weighted by Gasteiger charge is -2.09. The van der Waals surface area contributed by atoms with Crippen LogP contribution >= 0.6 is 11.6 Å². The number of urea groups is 1. The van der Waals surface area contributed by atoms with Crippen molar-refractivity contribution in [3.05, 3.63) is 59.1 Å². The van der Waals surface area contributed by atoms with Crippen molar-refractivity contribution in [2.45, 2.75) is 13.0 Å². The molecule has 2 aromatic rings. The fraction of sp³-hybridized carbons (Fsp3) is 0.222. The average Bonchev–Trinajstić information content (AvgIpc) is 2.61. The molecule has 0 saturated heterocycles. The van der Waals surface area contributed by atoms with Gasteiger partial charge in [-0.25, -0.2) is 4.79 Å². The number of hydrogen-bond acceptors (Lipinski definition) is 3. The van der Waals surface area contributed by atoms with Crippen molar-refractivity contribution in [2.75, 3.05) is 19.0 Å². The highest BCUT2D eigenvalue weighted by atomic mass is 35.5. The summed E-state index contributed by atoms with van der Waals surface area (Å²) in [6, 6.07) is 13.9. The number of carbonyl (C=O) groups is 2. The predicted molar refractivity (Wildman–Crippen MR) is 97.9 cm³/mol. The summed E-state index contributed by atoms with van der Waals surface area (Å²) in [5, 5.41) is 8.72. The molecule has 2 aromatic carbocycles. The van der Waals surface area contributed by atoms with E-state index in [4.69, 9.17) is 16.3 Å². The van der Waals surface area contributed by atoms with Crippen LogP contribution in [0.25, 0.3) is 0 Å². The Labute approximate surface area is 151 Å². The molecule has 7 heteroatoms. The molecule has 0 heterocycles. The molecule has 0 saturated carbocycles. The molecule has 0 aliphatic carbocycles. The number of ether oxygens (including phenoxy) is 1. The minimum atomic E-state index is -0.368. The first kappa shape index (κ1) is 18.6. The van der Waals surface area contributed by atoms with Crippen LogP contribution in [0.2, 0.25) is 5.02 Å². The molecule has 0 spiro atoms. The molecule has 132 valence electrons. The minimum absolute atomic E-state index is 0.148. The SMILES string of the molecule is COc1ccc(NC(=O)NCCC(=O)NCc2cccc(Cl)c2)cc1. The summed E-state index contributed by atoms with van der Waals surface area (Å²) in [6.45, 7) is 0.640. The van der Waals surface area contributed by atoms with Crippen molar-refractivity contribution in [1.29, 1.82) is 0 Å². The summed E-state index contributed by atoms with van der Waals surface area (Å²) in [6.07, 6.45) is 0.191. The molecule has 3 N–H and O–H groups in total. The van der Waals surface area contributed by atoms with Gasteiger partial charge in [-0.3, -0.25) is 4.79 Å². The maximum atomic E-state index is 11.8. The summed E-state index contributed by atoms with van der Waals surface area (Å²) in [5.74, 6) is 0.562. The predicted octanol–water partition coefficient (Wildman–Crippen LogP) is 3.18. The van der Waals surface area contributed by atoms with Gasteiger partial charge in [0.05, 0.1) is 7.11 Å². The van der Waals surface area contributed by atoms with Gasteiger partial charge < -0.3 is 20.7 Å². The monoisotopic (exact) mass is 361 g/mol. The highest BCUT2D eigenvalue weighted by Gasteiger charge is 2.05.